The number of nitrogens with one attached hydrogen (secondary N) is 1. The summed E-state index contributed by atoms with van der Waals surface area (Å²) in [6.45, 7) is 1.09. The second kappa shape index (κ2) is 7.09. The molecule has 2 atom stereocenters. The molecule has 1 fully saturated rings. The second-order valence-corrected chi connectivity index (χ2v) is 5.39. The molecule has 2 heterocycles. The van der Waals surface area contributed by atoms with Crippen molar-refractivity contribution in [3.63, 3.8) is 0 Å². The number of fused-ring (bicyclic) bond motifs is 1. The smallest absolute Gasteiger partial charge is 0.275 e. The lowest BCUT2D eigenvalue weighted by molar-refractivity contribution is 0.0137. The number of hydrogen-bond acceptors (Lipinski definition) is 4. The van der Waals surface area contributed by atoms with Gasteiger partial charge in [0, 0.05) is 31.6 Å². The van der Waals surface area contributed by atoms with Gasteiger partial charge in [-0.25, -0.2) is 0 Å². The molecule has 6 nitrogen and oxygen atoms in total. The van der Waals surface area contributed by atoms with Crippen LogP contribution >= 0.6 is 12.4 Å². The van der Waals surface area contributed by atoms with Gasteiger partial charge in [-0.05, 0) is 18.9 Å². The predicted molar refractivity (Wildman–Crippen MR) is 87.3 cm³/mol. The van der Waals surface area contributed by atoms with Gasteiger partial charge in [0.25, 0.3) is 5.91 Å². The molecule has 3 N–H and O–H groups in total. The van der Waals surface area contributed by atoms with Gasteiger partial charge in [-0.3, -0.25) is 9.89 Å². The largest absolute Gasteiger partial charge is 0.381 e. The summed E-state index contributed by atoms with van der Waals surface area (Å²) in [6.07, 6.45) is 1.79. The number of nitrogens with two attached hydrogens (primary N) is 1. The van der Waals surface area contributed by atoms with Crippen LogP contribution in [0.3, 0.4) is 0 Å². The number of rotatable bonds is 3. The summed E-state index contributed by atoms with van der Waals surface area (Å²) in [5.41, 5.74) is 7.18. The minimum Gasteiger partial charge on any atom is -0.381 e. The maximum Gasteiger partial charge on any atom is 0.275 e. The number of hydrogen-bond donors (Lipinski definition) is 2. The van der Waals surface area contributed by atoms with Crippen molar-refractivity contribution < 1.29 is 9.53 Å². The van der Waals surface area contributed by atoms with Crippen LogP contribution < -0.4 is 5.73 Å². The van der Waals surface area contributed by atoms with Crippen LogP contribution in [0.1, 0.15) is 23.3 Å². The number of ether oxygens (including phenoxy) is 1. The van der Waals surface area contributed by atoms with E-state index in [1.807, 2.05) is 29.2 Å². The highest BCUT2D eigenvalue weighted by Crippen LogP contribution is 2.23. The number of carbonyl (C=O) groups is 1. The van der Waals surface area contributed by atoms with Crippen molar-refractivity contribution in [3.05, 3.63) is 30.0 Å². The average Bonchev–Trinajstić information content (AvgIpc) is 2.97. The van der Waals surface area contributed by atoms with Crippen LogP contribution in [0.5, 0.6) is 0 Å². The highest BCUT2D eigenvalue weighted by molar-refractivity contribution is 6.04. The molecule has 120 valence electrons. The predicted octanol–water partition coefficient (Wildman–Crippen LogP) is 1.56. The minimum atomic E-state index is -0.0579. The number of carbonyl (C=O) groups excluding carboxylic acids is 1. The van der Waals surface area contributed by atoms with E-state index in [-0.39, 0.29) is 30.5 Å². The van der Waals surface area contributed by atoms with Crippen LogP contribution in [0.4, 0.5) is 0 Å². The Balaban J connectivity index is 0.00000176. The highest BCUT2D eigenvalue weighted by Gasteiger charge is 2.32. The molecule has 0 bridgehead atoms. The van der Waals surface area contributed by atoms with E-state index in [4.69, 9.17) is 10.5 Å². The Morgan fingerprint density at radius 3 is 3.00 bits per heavy atom. The number of likely N-dealkylation sites (tertiary alicyclic amines) is 1. The molecule has 1 saturated heterocycles. The zero-order valence-electron chi connectivity index (χ0n) is 12.5. The molecule has 1 amide bonds. The van der Waals surface area contributed by atoms with Crippen LogP contribution in [0.25, 0.3) is 10.9 Å². The van der Waals surface area contributed by atoms with Gasteiger partial charge in [-0.2, -0.15) is 5.10 Å². The van der Waals surface area contributed by atoms with Crippen molar-refractivity contribution in [2.45, 2.75) is 25.0 Å². The summed E-state index contributed by atoms with van der Waals surface area (Å²) in [5, 5.41) is 7.95. The molecule has 22 heavy (non-hydrogen) atoms. The summed E-state index contributed by atoms with van der Waals surface area (Å²) in [7, 11) is 1.71. The Morgan fingerprint density at radius 2 is 2.27 bits per heavy atom. The van der Waals surface area contributed by atoms with Crippen LogP contribution in [0.15, 0.2) is 24.3 Å². The number of aromatic amines is 1. The maximum atomic E-state index is 12.8. The van der Waals surface area contributed by atoms with Crippen molar-refractivity contribution in [2.75, 3.05) is 20.2 Å². The van der Waals surface area contributed by atoms with Crippen LogP contribution in [-0.4, -0.2) is 53.3 Å². The lowest BCUT2D eigenvalue weighted by Crippen LogP contribution is -2.51. The van der Waals surface area contributed by atoms with Gasteiger partial charge in [0.2, 0.25) is 0 Å². The maximum absolute atomic E-state index is 12.8. The first-order valence-corrected chi connectivity index (χ1v) is 7.21. The van der Waals surface area contributed by atoms with E-state index < -0.39 is 0 Å². The Labute approximate surface area is 135 Å². The van der Waals surface area contributed by atoms with Gasteiger partial charge in [-0.1, -0.05) is 18.2 Å². The molecule has 0 aliphatic carbocycles. The molecular weight excluding hydrogens is 304 g/mol. The van der Waals surface area contributed by atoms with E-state index in [0.29, 0.717) is 18.8 Å². The third-order valence-electron chi connectivity index (χ3n) is 4.21. The summed E-state index contributed by atoms with van der Waals surface area (Å²) >= 11 is 0. The van der Waals surface area contributed by atoms with Gasteiger partial charge in [0.15, 0.2) is 5.69 Å². The van der Waals surface area contributed by atoms with Gasteiger partial charge >= 0.3 is 0 Å². The Kier molecular flexibility index (Phi) is 5.39. The molecule has 2 unspecified atom stereocenters. The first kappa shape index (κ1) is 16.7. The number of methoxy groups -OCH3 is 1. The van der Waals surface area contributed by atoms with E-state index >= 15 is 0 Å². The standard InChI is InChI=1S/C15H20N4O2.ClH/c1-21-11-6-7-19(10(8-11)9-16)15(20)14-12-4-2-3-5-13(12)17-18-14;/h2-5,10-11H,6-9,16H2,1H3,(H,17,18);1H. The Hall–Kier alpha value is -1.63. The van der Waals surface area contributed by atoms with E-state index in [0.717, 1.165) is 23.7 Å². The molecule has 0 radical (unpaired) electrons. The van der Waals surface area contributed by atoms with Crippen LogP contribution in [0.2, 0.25) is 0 Å². The number of H-pyrrole nitrogens is 1. The molecule has 3 rings (SSSR count). The molecule has 1 aliphatic heterocycles. The van der Waals surface area contributed by atoms with Crippen LogP contribution in [-0.2, 0) is 4.74 Å². The van der Waals surface area contributed by atoms with E-state index in [1.165, 1.54) is 0 Å². The monoisotopic (exact) mass is 324 g/mol. The summed E-state index contributed by atoms with van der Waals surface area (Å²) in [4.78, 5) is 14.6. The molecule has 7 heteroatoms. The van der Waals surface area contributed by atoms with Crippen molar-refractivity contribution in [1.29, 1.82) is 0 Å². The molecule has 1 aliphatic rings. The first-order valence-electron chi connectivity index (χ1n) is 7.21. The highest BCUT2D eigenvalue weighted by atomic mass is 35.5. The van der Waals surface area contributed by atoms with Crippen LogP contribution in [0, 0.1) is 0 Å². The molecule has 0 spiro atoms. The molecular formula is C15H21ClN4O2. The van der Waals surface area contributed by atoms with Crippen molar-refractivity contribution in [1.82, 2.24) is 15.1 Å². The fourth-order valence-corrected chi connectivity index (χ4v) is 2.98. The molecule has 1 aromatic carbocycles. The number of benzene rings is 1. The number of halogens is 1. The zero-order chi connectivity index (χ0) is 14.8. The second-order valence-electron chi connectivity index (χ2n) is 5.39. The van der Waals surface area contributed by atoms with E-state index in [9.17, 15) is 4.79 Å². The summed E-state index contributed by atoms with van der Waals surface area (Å²) in [5.74, 6) is -0.0579. The minimum absolute atomic E-state index is 0. The lowest BCUT2D eigenvalue weighted by atomic mass is 9.98. The lowest BCUT2D eigenvalue weighted by Gasteiger charge is -2.38. The Bertz CT molecular complexity index is 645. The van der Waals surface area contributed by atoms with Gasteiger partial charge in [0.1, 0.15) is 0 Å². The topological polar surface area (TPSA) is 84.2 Å². The number of amides is 1. The third kappa shape index (κ3) is 2.95. The molecule has 0 saturated carbocycles. The number of nitrogens with zero attached hydrogens (tertiary/aromatic N) is 2. The zero-order valence-corrected chi connectivity index (χ0v) is 13.3. The fourth-order valence-electron chi connectivity index (χ4n) is 2.98. The van der Waals surface area contributed by atoms with Gasteiger partial charge in [-0.15, -0.1) is 12.4 Å². The third-order valence-corrected chi connectivity index (χ3v) is 4.21. The molecule has 2 aromatic rings. The van der Waals surface area contributed by atoms with Gasteiger partial charge < -0.3 is 15.4 Å². The van der Waals surface area contributed by atoms with E-state index in [2.05, 4.69) is 10.2 Å². The van der Waals surface area contributed by atoms with E-state index in [1.54, 1.807) is 7.11 Å². The molecule has 1 aromatic heterocycles. The summed E-state index contributed by atoms with van der Waals surface area (Å²) < 4.78 is 5.40. The quantitative estimate of drug-likeness (QED) is 0.897. The summed E-state index contributed by atoms with van der Waals surface area (Å²) in [6, 6.07) is 7.65. The van der Waals surface area contributed by atoms with Crippen molar-refractivity contribution in [2.24, 2.45) is 5.73 Å². The first-order chi connectivity index (χ1) is 10.2. The fraction of sp³-hybridized carbons (Fsp3) is 0.467. The number of para-hydroxylation sites is 1. The Morgan fingerprint density at radius 1 is 1.50 bits per heavy atom. The average molecular weight is 325 g/mol. The SMILES string of the molecule is COC1CCN(C(=O)c2n[nH]c3ccccc23)C(CN)C1.Cl. The van der Waals surface area contributed by atoms with Crippen molar-refractivity contribution in [3.8, 4) is 0 Å². The number of aromatic nitrogens is 2. The van der Waals surface area contributed by atoms with Gasteiger partial charge in [0.05, 0.1) is 11.6 Å². The van der Waals surface area contributed by atoms with Crippen molar-refractivity contribution >= 4 is 29.2 Å². The normalized spacial score (nSPS) is 21.6. The number of piperidine rings is 1.